The van der Waals surface area contributed by atoms with E-state index in [0.29, 0.717) is 0 Å². The molecule has 18 rings (SSSR count). The Morgan fingerprint density at radius 3 is 1.32 bits per heavy atom. The van der Waals surface area contributed by atoms with Crippen molar-refractivity contribution < 1.29 is 0 Å². The summed E-state index contributed by atoms with van der Waals surface area (Å²) in [5.74, 6) is 0. The van der Waals surface area contributed by atoms with Gasteiger partial charge in [0.2, 0.25) is 0 Å². The predicted octanol–water partition coefficient (Wildman–Crippen LogP) is 25.3. The van der Waals surface area contributed by atoms with Crippen LogP contribution in [0.1, 0.15) is 49.9 Å². The predicted molar refractivity (Wildman–Crippen MR) is 388 cm³/mol. The van der Waals surface area contributed by atoms with Gasteiger partial charge in [0, 0.05) is 84.6 Å². The molecule has 2 aliphatic carbocycles. The van der Waals surface area contributed by atoms with Crippen molar-refractivity contribution >= 4 is 119 Å². The van der Waals surface area contributed by atoms with E-state index in [9.17, 15) is 0 Å². The van der Waals surface area contributed by atoms with E-state index in [-0.39, 0.29) is 10.8 Å². The maximum atomic E-state index is 2.54. The molecular weight excluding hydrogens is 1130 g/mol. The summed E-state index contributed by atoms with van der Waals surface area (Å²) in [5.41, 5.74) is 24.3. The number of anilines is 6. The van der Waals surface area contributed by atoms with Gasteiger partial charge in [0.1, 0.15) is 0 Å². The SMILES string of the molecule is CC1(C)c2ccccc2-c2cc(N(c3cccc(-c4ccc(-c5ccc6c(c5)-c5cc(N(c7ccccc7-c7ccccc7)c7cccc8ccc9c%10ccccc%10sc9c78)ccc5C6(C)C)cc4)c3)c3cccc4ccc5c6ccccc6sc5c34)ccc21. The van der Waals surface area contributed by atoms with Crippen molar-refractivity contribution in [1.29, 1.82) is 0 Å². The molecular formula is C86H60N2S2. The minimum atomic E-state index is -0.198. The van der Waals surface area contributed by atoms with E-state index in [4.69, 9.17) is 0 Å². The van der Waals surface area contributed by atoms with E-state index in [2.05, 4.69) is 329 Å². The van der Waals surface area contributed by atoms with Crippen LogP contribution in [0.15, 0.2) is 291 Å². The van der Waals surface area contributed by atoms with Gasteiger partial charge in [0.05, 0.1) is 17.1 Å². The minimum Gasteiger partial charge on any atom is -0.310 e. The fourth-order valence-corrected chi connectivity index (χ4v) is 17.9. The molecule has 0 fully saturated rings. The molecule has 0 atom stereocenters. The lowest BCUT2D eigenvalue weighted by molar-refractivity contribution is 0.660. The maximum absolute atomic E-state index is 2.54. The van der Waals surface area contributed by atoms with Crippen LogP contribution in [0.4, 0.5) is 34.1 Å². The van der Waals surface area contributed by atoms with Crippen LogP contribution in [0, 0.1) is 0 Å². The molecule has 0 saturated carbocycles. The molecule has 0 amide bonds. The van der Waals surface area contributed by atoms with Crippen LogP contribution < -0.4 is 9.80 Å². The molecule has 16 aromatic rings. The second-order valence-corrected chi connectivity index (χ2v) is 27.6. The molecule has 2 aliphatic rings. The minimum absolute atomic E-state index is 0.0974. The van der Waals surface area contributed by atoms with Crippen molar-refractivity contribution in [3.63, 3.8) is 0 Å². The fourth-order valence-electron chi connectivity index (χ4n) is 15.4. The van der Waals surface area contributed by atoms with Crippen molar-refractivity contribution in [2.24, 2.45) is 0 Å². The van der Waals surface area contributed by atoms with E-state index >= 15 is 0 Å². The smallest absolute Gasteiger partial charge is 0.0554 e. The monoisotopic (exact) mass is 1180 g/mol. The van der Waals surface area contributed by atoms with Crippen molar-refractivity contribution in [3.05, 3.63) is 313 Å². The topological polar surface area (TPSA) is 6.48 Å². The van der Waals surface area contributed by atoms with Crippen molar-refractivity contribution in [1.82, 2.24) is 0 Å². The Hall–Kier alpha value is -10.4. The van der Waals surface area contributed by atoms with Crippen molar-refractivity contribution in [2.45, 2.75) is 38.5 Å². The summed E-state index contributed by atoms with van der Waals surface area (Å²) < 4.78 is 5.23. The summed E-state index contributed by atoms with van der Waals surface area (Å²) in [6.07, 6.45) is 0. The number of para-hydroxylation sites is 1. The standard InChI is InChI=1S/C86H60N2S2/c1-85(2)72-29-12-8-26-64(72)70-51-61(42-47-74(70)85)87(77-31-17-21-56-39-44-67-65-27-10-14-33-79(65)89-83(67)81(56)77)60-24-16-23-58(49-60)53-35-37-54(38-36-53)59-41-46-73-69(50-59)71-52-62(43-48-75(71)86(73,3)4)88(76-30-13-9-25-63(76)55-19-6-5-7-20-55)78-32-18-22-57-40-45-68-66-28-11-15-34-80(66)90-84(68)82(57)78/h5-52H,1-4H3. The number of rotatable bonds is 9. The zero-order chi connectivity index (χ0) is 60.0. The third kappa shape index (κ3) is 8.01. The second-order valence-electron chi connectivity index (χ2n) is 25.5. The number of nitrogens with zero attached hydrogens (tertiary/aromatic N) is 2. The molecule has 2 aromatic heterocycles. The van der Waals surface area contributed by atoms with Crippen LogP contribution >= 0.6 is 22.7 Å². The Balaban J connectivity index is 0.746. The molecule has 2 heterocycles. The molecule has 90 heavy (non-hydrogen) atoms. The first-order valence-corrected chi connectivity index (χ1v) is 32.9. The fraction of sp³-hybridized carbons (Fsp3) is 0.0698. The summed E-state index contributed by atoms with van der Waals surface area (Å²) in [6.45, 7) is 9.51. The Kier molecular flexibility index (Phi) is 11.8. The van der Waals surface area contributed by atoms with E-state index in [0.717, 1.165) is 22.7 Å². The van der Waals surface area contributed by atoms with Crippen molar-refractivity contribution in [3.8, 4) is 55.6 Å². The number of thiophene rings is 2. The molecule has 0 radical (unpaired) electrons. The lowest BCUT2D eigenvalue weighted by Crippen LogP contribution is -2.15. The van der Waals surface area contributed by atoms with Gasteiger partial charge < -0.3 is 9.80 Å². The molecule has 0 bridgehead atoms. The van der Waals surface area contributed by atoms with Gasteiger partial charge in [-0.05, 0) is 156 Å². The highest BCUT2D eigenvalue weighted by atomic mass is 32.1. The first-order valence-electron chi connectivity index (χ1n) is 31.3. The Labute approximate surface area is 532 Å². The average Bonchev–Trinajstić information content (AvgIpc) is 1.53. The molecule has 0 aliphatic heterocycles. The van der Waals surface area contributed by atoms with Gasteiger partial charge in [-0.3, -0.25) is 0 Å². The molecule has 4 heteroatoms. The van der Waals surface area contributed by atoms with E-state index in [1.54, 1.807) is 0 Å². The highest BCUT2D eigenvalue weighted by Gasteiger charge is 2.38. The highest BCUT2D eigenvalue weighted by Crippen LogP contribution is 2.56. The lowest BCUT2D eigenvalue weighted by atomic mass is 9.82. The Morgan fingerprint density at radius 1 is 0.256 bits per heavy atom. The number of fused-ring (bicyclic) bond motifs is 16. The summed E-state index contributed by atoms with van der Waals surface area (Å²) in [4.78, 5) is 5.05. The van der Waals surface area contributed by atoms with E-state index in [1.165, 1.54) is 151 Å². The van der Waals surface area contributed by atoms with Crippen molar-refractivity contribution in [2.75, 3.05) is 9.80 Å². The van der Waals surface area contributed by atoms with Gasteiger partial charge in [-0.25, -0.2) is 0 Å². The Morgan fingerprint density at radius 2 is 0.689 bits per heavy atom. The molecule has 0 N–H and O–H groups in total. The summed E-state index contributed by atoms with van der Waals surface area (Å²) >= 11 is 3.79. The normalized spacial score (nSPS) is 13.5. The summed E-state index contributed by atoms with van der Waals surface area (Å²) in [5, 5.41) is 10.2. The number of hydrogen-bond donors (Lipinski definition) is 0. The number of hydrogen-bond acceptors (Lipinski definition) is 4. The molecule has 0 unspecified atom stereocenters. The summed E-state index contributed by atoms with van der Waals surface area (Å²) in [6, 6.07) is 109. The van der Waals surface area contributed by atoms with Gasteiger partial charge in [0.15, 0.2) is 0 Å². The quantitative estimate of drug-likeness (QED) is 0.142. The second kappa shape index (κ2) is 20.1. The highest BCUT2D eigenvalue weighted by molar-refractivity contribution is 7.27. The molecule has 2 nitrogen and oxygen atoms in total. The molecule has 0 spiro atoms. The molecule has 14 aromatic carbocycles. The zero-order valence-corrected chi connectivity index (χ0v) is 52.1. The van der Waals surface area contributed by atoms with Crippen LogP contribution in [0.25, 0.3) is 118 Å². The van der Waals surface area contributed by atoms with Crippen LogP contribution in [0.2, 0.25) is 0 Å². The maximum Gasteiger partial charge on any atom is 0.0554 e. The van der Waals surface area contributed by atoms with Crippen LogP contribution in [-0.2, 0) is 10.8 Å². The van der Waals surface area contributed by atoms with E-state index in [1.807, 2.05) is 22.7 Å². The average molecular weight is 1190 g/mol. The van der Waals surface area contributed by atoms with E-state index < -0.39 is 0 Å². The largest absolute Gasteiger partial charge is 0.310 e. The van der Waals surface area contributed by atoms with Crippen LogP contribution in [0.3, 0.4) is 0 Å². The third-order valence-electron chi connectivity index (χ3n) is 19.8. The molecule has 0 saturated heterocycles. The van der Waals surface area contributed by atoms with Gasteiger partial charge >= 0.3 is 0 Å². The first-order chi connectivity index (χ1) is 44.1. The summed E-state index contributed by atoms with van der Waals surface area (Å²) in [7, 11) is 0. The number of benzene rings is 14. The van der Waals surface area contributed by atoms with Crippen LogP contribution in [-0.4, -0.2) is 0 Å². The third-order valence-corrected chi connectivity index (χ3v) is 22.2. The van der Waals surface area contributed by atoms with Gasteiger partial charge in [-0.1, -0.05) is 246 Å². The van der Waals surface area contributed by atoms with Gasteiger partial charge in [-0.15, -0.1) is 22.7 Å². The molecule has 426 valence electrons. The van der Waals surface area contributed by atoms with Gasteiger partial charge in [-0.2, -0.15) is 0 Å². The van der Waals surface area contributed by atoms with Gasteiger partial charge in [0.25, 0.3) is 0 Å². The van der Waals surface area contributed by atoms with Crippen LogP contribution in [0.5, 0.6) is 0 Å². The first kappa shape index (κ1) is 52.7. The zero-order valence-electron chi connectivity index (χ0n) is 50.4. The lowest BCUT2D eigenvalue weighted by Gasteiger charge is -2.30. The Bertz CT molecular complexity index is 5630.